The highest BCUT2D eigenvalue weighted by atomic mass is 19.1. The minimum Gasteiger partial charge on any atom is -0.396 e. The zero-order valence-electron chi connectivity index (χ0n) is 11.1. The summed E-state index contributed by atoms with van der Waals surface area (Å²) in [5.74, 6) is -1.11. The standard InChI is InChI=1S/C15H13F2N3/c1-7-3-8(2)14-13(4-7)19-15(20-14)9-5-12(18)11(17)6-10(9)16/h3-6H,18H2,1-2H3,(H,19,20). The van der Waals surface area contributed by atoms with Crippen molar-refractivity contribution in [2.75, 3.05) is 5.73 Å². The molecule has 0 amide bonds. The third-order valence-corrected chi connectivity index (χ3v) is 3.26. The summed E-state index contributed by atoms with van der Waals surface area (Å²) in [6, 6.07) is 5.96. The first-order valence-corrected chi connectivity index (χ1v) is 6.17. The number of fused-ring (bicyclic) bond motifs is 1. The number of H-pyrrole nitrogens is 1. The number of aromatic amines is 1. The van der Waals surface area contributed by atoms with Gasteiger partial charge in [-0.3, -0.25) is 0 Å². The van der Waals surface area contributed by atoms with Crippen molar-refractivity contribution in [2.24, 2.45) is 0 Å². The molecule has 0 unspecified atom stereocenters. The van der Waals surface area contributed by atoms with Crippen LogP contribution in [0.25, 0.3) is 22.4 Å². The van der Waals surface area contributed by atoms with E-state index in [0.29, 0.717) is 5.82 Å². The molecule has 0 bridgehead atoms. The molecule has 0 saturated heterocycles. The lowest BCUT2D eigenvalue weighted by Crippen LogP contribution is -1.95. The molecule has 2 aromatic carbocycles. The molecule has 1 aromatic heterocycles. The number of anilines is 1. The molecule has 0 spiro atoms. The molecule has 0 fully saturated rings. The van der Waals surface area contributed by atoms with Gasteiger partial charge in [-0.25, -0.2) is 13.8 Å². The molecule has 0 aliphatic carbocycles. The zero-order chi connectivity index (χ0) is 14.4. The van der Waals surface area contributed by atoms with Crippen LogP contribution < -0.4 is 5.73 Å². The van der Waals surface area contributed by atoms with Crippen molar-refractivity contribution < 1.29 is 8.78 Å². The van der Waals surface area contributed by atoms with Gasteiger partial charge in [0, 0.05) is 6.07 Å². The monoisotopic (exact) mass is 273 g/mol. The van der Waals surface area contributed by atoms with E-state index in [0.717, 1.165) is 28.2 Å². The van der Waals surface area contributed by atoms with Crippen LogP contribution in [0.4, 0.5) is 14.5 Å². The van der Waals surface area contributed by atoms with Crippen LogP contribution in [0.5, 0.6) is 0 Å². The third-order valence-electron chi connectivity index (χ3n) is 3.26. The number of hydrogen-bond donors (Lipinski definition) is 2. The number of aromatic nitrogens is 2. The lowest BCUT2D eigenvalue weighted by Gasteiger charge is -2.02. The highest BCUT2D eigenvalue weighted by molar-refractivity contribution is 5.83. The summed E-state index contributed by atoms with van der Waals surface area (Å²) < 4.78 is 27.1. The van der Waals surface area contributed by atoms with Crippen molar-refractivity contribution in [2.45, 2.75) is 13.8 Å². The Morgan fingerprint density at radius 2 is 1.80 bits per heavy atom. The van der Waals surface area contributed by atoms with E-state index in [2.05, 4.69) is 9.97 Å². The molecule has 0 atom stereocenters. The molecule has 20 heavy (non-hydrogen) atoms. The van der Waals surface area contributed by atoms with E-state index < -0.39 is 11.6 Å². The first-order chi connectivity index (χ1) is 9.45. The summed E-state index contributed by atoms with van der Waals surface area (Å²) >= 11 is 0. The average molecular weight is 273 g/mol. The number of rotatable bonds is 1. The van der Waals surface area contributed by atoms with Crippen LogP contribution in [-0.4, -0.2) is 9.97 Å². The van der Waals surface area contributed by atoms with Crippen LogP contribution in [0.3, 0.4) is 0 Å². The van der Waals surface area contributed by atoms with Crippen molar-refractivity contribution in [3.8, 4) is 11.4 Å². The van der Waals surface area contributed by atoms with E-state index in [1.807, 2.05) is 26.0 Å². The first kappa shape index (κ1) is 12.6. The quantitative estimate of drug-likeness (QED) is 0.664. The van der Waals surface area contributed by atoms with Gasteiger partial charge in [-0.05, 0) is 37.1 Å². The Kier molecular flexibility index (Phi) is 2.71. The summed E-state index contributed by atoms with van der Waals surface area (Å²) in [7, 11) is 0. The van der Waals surface area contributed by atoms with Gasteiger partial charge in [-0.1, -0.05) is 6.07 Å². The Hall–Kier alpha value is -2.43. The van der Waals surface area contributed by atoms with Gasteiger partial charge in [-0.2, -0.15) is 0 Å². The van der Waals surface area contributed by atoms with Crippen LogP contribution in [0.2, 0.25) is 0 Å². The molecule has 0 saturated carbocycles. The van der Waals surface area contributed by atoms with Gasteiger partial charge >= 0.3 is 0 Å². The second-order valence-electron chi connectivity index (χ2n) is 4.92. The Morgan fingerprint density at radius 3 is 2.55 bits per heavy atom. The molecule has 0 radical (unpaired) electrons. The molecule has 0 aliphatic rings. The largest absolute Gasteiger partial charge is 0.396 e. The lowest BCUT2D eigenvalue weighted by molar-refractivity contribution is 0.588. The number of nitrogens with one attached hydrogen (secondary N) is 1. The third kappa shape index (κ3) is 1.91. The maximum absolute atomic E-state index is 13.9. The van der Waals surface area contributed by atoms with Gasteiger partial charge < -0.3 is 10.7 Å². The predicted molar refractivity (Wildman–Crippen MR) is 75.3 cm³/mol. The lowest BCUT2D eigenvalue weighted by atomic mass is 10.1. The fourth-order valence-electron chi connectivity index (χ4n) is 2.35. The molecule has 3 nitrogen and oxygen atoms in total. The van der Waals surface area contributed by atoms with E-state index in [9.17, 15) is 8.78 Å². The number of aryl methyl sites for hydroxylation is 2. The van der Waals surface area contributed by atoms with E-state index in [4.69, 9.17) is 5.73 Å². The van der Waals surface area contributed by atoms with Gasteiger partial charge in [0.1, 0.15) is 17.5 Å². The van der Waals surface area contributed by atoms with Gasteiger partial charge in [0.2, 0.25) is 0 Å². The summed E-state index contributed by atoms with van der Waals surface area (Å²) in [5.41, 5.74) is 9.23. The van der Waals surface area contributed by atoms with Crippen molar-refractivity contribution >= 4 is 16.7 Å². The topological polar surface area (TPSA) is 54.7 Å². The van der Waals surface area contributed by atoms with Gasteiger partial charge in [0.25, 0.3) is 0 Å². The molecule has 102 valence electrons. The SMILES string of the molecule is Cc1cc(C)c2nc(-c3cc(N)c(F)cc3F)[nH]c2c1. The van der Waals surface area contributed by atoms with E-state index in [1.165, 1.54) is 6.07 Å². The Morgan fingerprint density at radius 1 is 1.05 bits per heavy atom. The van der Waals surface area contributed by atoms with Crippen molar-refractivity contribution in [3.05, 3.63) is 47.0 Å². The second kappa shape index (κ2) is 4.30. The Labute approximate surface area is 114 Å². The average Bonchev–Trinajstić information content (AvgIpc) is 2.77. The van der Waals surface area contributed by atoms with Crippen LogP contribution in [-0.2, 0) is 0 Å². The number of hydrogen-bond acceptors (Lipinski definition) is 2. The molecule has 5 heteroatoms. The smallest absolute Gasteiger partial charge is 0.149 e. The second-order valence-corrected chi connectivity index (χ2v) is 4.92. The van der Waals surface area contributed by atoms with Crippen LogP contribution in [0.15, 0.2) is 24.3 Å². The van der Waals surface area contributed by atoms with Crippen LogP contribution in [0, 0.1) is 25.5 Å². The number of imidazole rings is 1. The van der Waals surface area contributed by atoms with Crippen molar-refractivity contribution in [1.82, 2.24) is 9.97 Å². The van der Waals surface area contributed by atoms with E-state index in [1.54, 1.807) is 0 Å². The van der Waals surface area contributed by atoms with Gasteiger partial charge in [-0.15, -0.1) is 0 Å². The number of nitrogen functional groups attached to an aromatic ring is 1. The number of benzene rings is 2. The first-order valence-electron chi connectivity index (χ1n) is 6.17. The van der Waals surface area contributed by atoms with Gasteiger partial charge in [0.05, 0.1) is 22.3 Å². The molecule has 1 heterocycles. The molecule has 3 aromatic rings. The minimum atomic E-state index is -0.769. The maximum Gasteiger partial charge on any atom is 0.149 e. The highest BCUT2D eigenvalue weighted by Crippen LogP contribution is 2.28. The minimum absolute atomic E-state index is 0.102. The summed E-state index contributed by atoms with van der Waals surface area (Å²) in [5, 5.41) is 0. The van der Waals surface area contributed by atoms with Crippen molar-refractivity contribution in [3.63, 3.8) is 0 Å². The molecular weight excluding hydrogens is 260 g/mol. The van der Waals surface area contributed by atoms with E-state index >= 15 is 0 Å². The number of nitrogens with two attached hydrogens (primary N) is 1. The molecule has 0 aliphatic heterocycles. The van der Waals surface area contributed by atoms with Crippen LogP contribution in [0.1, 0.15) is 11.1 Å². The summed E-state index contributed by atoms with van der Waals surface area (Å²) in [6.45, 7) is 3.92. The van der Waals surface area contributed by atoms with Gasteiger partial charge in [0.15, 0.2) is 0 Å². The Bertz CT molecular complexity index is 822. The zero-order valence-corrected chi connectivity index (χ0v) is 11.1. The maximum atomic E-state index is 13.9. The van der Waals surface area contributed by atoms with E-state index in [-0.39, 0.29) is 11.3 Å². The van der Waals surface area contributed by atoms with Crippen molar-refractivity contribution in [1.29, 1.82) is 0 Å². The number of nitrogens with zero attached hydrogens (tertiary/aromatic N) is 1. The Balaban J connectivity index is 2.25. The summed E-state index contributed by atoms with van der Waals surface area (Å²) in [4.78, 5) is 7.43. The summed E-state index contributed by atoms with van der Waals surface area (Å²) in [6.07, 6.45) is 0. The molecule has 3 N–H and O–H groups in total. The fourth-order valence-corrected chi connectivity index (χ4v) is 2.35. The normalized spacial score (nSPS) is 11.2. The highest BCUT2D eigenvalue weighted by Gasteiger charge is 2.14. The molecular formula is C15H13F2N3. The van der Waals surface area contributed by atoms with Crippen LogP contribution >= 0.6 is 0 Å². The molecule has 3 rings (SSSR count). The number of halogens is 2. The fraction of sp³-hybridized carbons (Fsp3) is 0.133. The predicted octanol–water partition coefficient (Wildman–Crippen LogP) is 3.71.